The first-order valence-corrected chi connectivity index (χ1v) is 15.0. The van der Waals surface area contributed by atoms with Crippen molar-refractivity contribution in [2.24, 2.45) is 5.92 Å². The average Bonchev–Trinajstić information content (AvgIpc) is 3.68. The number of benzene rings is 3. The number of methoxy groups -OCH3 is 1. The zero-order valence-corrected chi connectivity index (χ0v) is 25.7. The van der Waals surface area contributed by atoms with E-state index in [0.717, 1.165) is 16.7 Å². The monoisotopic (exact) mass is 582 g/mol. The molecule has 3 aromatic rings. The van der Waals surface area contributed by atoms with Crippen LogP contribution in [-0.2, 0) is 19.9 Å². The molecule has 8 heteroatoms. The van der Waals surface area contributed by atoms with E-state index in [-0.39, 0.29) is 29.9 Å². The van der Waals surface area contributed by atoms with E-state index in [4.69, 9.17) is 4.74 Å². The van der Waals surface area contributed by atoms with Gasteiger partial charge in [0, 0.05) is 33.7 Å². The van der Waals surface area contributed by atoms with Gasteiger partial charge in [0.2, 0.25) is 5.91 Å². The smallest absolute Gasteiger partial charge is 0.328 e. The van der Waals surface area contributed by atoms with Crippen molar-refractivity contribution < 1.29 is 19.1 Å². The largest absolute Gasteiger partial charge is 0.467 e. The number of likely N-dealkylation sites (tertiary alicyclic amines) is 1. The fraction of sp³-hybridized carbons (Fsp3) is 0.400. The van der Waals surface area contributed by atoms with Gasteiger partial charge in [0.05, 0.1) is 18.7 Å². The van der Waals surface area contributed by atoms with E-state index in [0.29, 0.717) is 26.1 Å². The normalized spacial score (nSPS) is 20.4. The number of rotatable bonds is 9. The summed E-state index contributed by atoms with van der Waals surface area (Å²) >= 11 is 0. The van der Waals surface area contributed by atoms with Crippen LogP contribution in [0.4, 0.5) is 4.79 Å². The van der Waals surface area contributed by atoms with Crippen LogP contribution in [0.1, 0.15) is 37.0 Å². The fourth-order valence-corrected chi connectivity index (χ4v) is 6.75. The Morgan fingerprint density at radius 2 is 1.30 bits per heavy atom. The fourth-order valence-electron chi connectivity index (χ4n) is 6.75. The van der Waals surface area contributed by atoms with Crippen LogP contribution in [0.3, 0.4) is 0 Å². The zero-order chi connectivity index (χ0) is 30.7. The number of esters is 1. The van der Waals surface area contributed by atoms with Crippen LogP contribution in [0.25, 0.3) is 0 Å². The predicted octanol–water partition coefficient (Wildman–Crippen LogP) is 4.44. The predicted molar refractivity (Wildman–Crippen MR) is 166 cm³/mol. The number of hydrogen-bond acceptors (Lipinski definition) is 5. The molecule has 0 aliphatic carbocycles. The lowest BCUT2D eigenvalue weighted by molar-refractivity contribution is -0.147. The summed E-state index contributed by atoms with van der Waals surface area (Å²) in [5, 5.41) is 0. The van der Waals surface area contributed by atoms with Gasteiger partial charge >= 0.3 is 12.0 Å². The highest BCUT2D eigenvalue weighted by Gasteiger charge is 2.57. The summed E-state index contributed by atoms with van der Waals surface area (Å²) in [6.45, 7) is 5.45. The van der Waals surface area contributed by atoms with Gasteiger partial charge in [-0.15, -0.1) is 0 Å². The zero-order valence-electron chi connectivity index (χ0n) is 25.7. The number of carbonyl (C=O) groups excluding carboxylic acids is 3. The molecule has 0 N–H and O–H groups in total. The Hall–Kier alpha value is -4.17. The Bertz CT molecular complexity index is 1320. The van der Waals surface area contributed by atoms with Crippen molar-refractivity contribution in [1.29, 1.82) is 0 Å². The molecule has 8 nitrogen and oxygen atoms in total. The molecule has 0 saturated carbocycles. The minimum Gasteiger partial charge on any atom is -0.467 e. The van der Waals surface area contributed by atoms with Crippen molar-refractivity contribution in [2.75, 3.05) is 40.8 Å². The number of ether oxygens (including phenoxy) is 1. The highest BCUT2D eigenvalue weighted by atomic mass is 16.5. The van der Waals surface area contributed by atoms with Gasteiger partial charge < -0.3 is 19.4 Å². The van der Waals surface area contributed by atoms with Gasteiger partial charge in [0.1, 0.15) is 12.1 Å². The second-order valence-corrected chi connectivity index (χ2v) is 11.9. The Morgan fingerprint density at radius 3 is 1.74 bits per heavy atom. The highest BCUT2D eigenvalue weighted by Crippen LogP contribution is 2.48. The summed E-state index contributed by atoms with van der Waals surface area (Å²) in [7, 11) is 4.72. The van der Waals surface area contributed by atoms with Crippen LogP contribution >= 0.6 is 0 Å². The minimum absolute atomic E-state index is 0.0819. The van der Waals surface area contributed by atoms with Crippen LogP contribution in [0.15, 0.2) is 91.0 Å². The molecule has 2 fully saturated rings. The van der Waals surface area contributed by atoms with E-state index >= 15 is 0 Å². The third kappa shape index (κ3) is 5.64. The number of carbonyl (C=O) groups is 3. The van der Waals surface area contributed by atoms with Crippen LogP contribution in [0, 0.1) is 5.92 Å². The molecule has 0 radical (unpaired) electrons. The number of amides is 3. The standard InChI is InChI=1S/C35H42N4O4/c1-25(2)31(33(41)43-5)37(4)34(42)36(3)29-21-22-38(23-29)32(40)30-24-39(30)35(26-15-9-6-10-16-26,27-17-11-7-12-18-27)28-19-13-8-14-20-28/h6-20,25,29-31H,21-24H2,1-5H3/t29-,30+,31-,39?/m0/s1. The first-order valence-electron chi connectivity index (χ1n) is 15.0. The number of urea groups is 1. The summed E-state index contributed by atoms with van der Waals surface area (Å²) in [4.78, 5) is 47.2. The molecule has 2 aliphatic rings. The quantitative estimate of drug-likeness (QED) is 0.212. The molecule has 3 aromatic carbocycles. The number of nitrogens with zero attached hydrogens (tertiary/aromatic N) is 4. The average molecular weight is 583 g/mol. The molecular formula is C35H42N4O4. The van der Waals surface area contributed by atoms with Gasteiger partial charge in [-0.2, -0.15) is 0 Å². The van der Waals surface area contributed by atoms with Crippen molar-refractivity contribution in [3.8, 4) is 0 Å². The second-order valence-electron chi connectivity index (χ2n) is 11.9. The Balaban J connectivity index is 1.37. The van der Waals surface area contributed by atoms with Crippen LogP contribution in [0.5, 0.6) is 0 Å². The van der Waals surface area contributed by atoms with Gasteiger partial charge in [-0.05, 0) is 29.0 Å². The Morgan fingerprint density at radius 1 is 0.814 bits per heavy atom. The number of hydrogen-bond donors (Lipinski definition) is 0. The lowest BCUT2D eigenvalue weighted by Crippen LogP contribution is -2.53. The molecule has 1 unspecified atom stereocenters. The summed E-state index contributed by atoms with van der Waals surface area (Å²) < 4.78 is 4.96. The maximum atomic E-state index is 14.1. The van der Waals surface area contributed by atoms with E-state index in [1.165, 1.54) is 12.0 Å². The van der Waals surface area contributed by atoms with Crippen LogP contribution in [-0.4, -0.2) is 96.5 Å². The second kappa shape index (κ2) is 12.6. The van der Waals surface area contributed by atoms with Crippen molar-refractivity contribution in [2.45, 2.75) is 43.9 Å². The molecule has 226 valence electrons. The molecular weight excluding hydrogens is 540 g/mol. The van der Waals surface area contributed by atoms with Gasteiger partial charge in [-0.3, -0.25) is 9.69 Å². The maximum Gasteiger partial charge on any atom is 0.328 e. The molecule has 0 aromatic heterocycles. The van der Waals surface area contributed by atoms with E-state index in [9.17, 15) is 14.4 Å². The van der Waals surface area contributed by atoms with E-state index < -0.39 is 17.6 Å². The van der Waals surface area contributed by atoms with Gasteiger partial charge in [-0.25, -0.2) is 9.59 Å². The van der Waals surface area contributed by atoms with Crippen molar-refractivity contribution in [1.82, 2.24) is 19.6 Å². The molecule has 4 atom stereocenters. The molecule has 0 bridgehead atoms. The summed E-state index contributed by atoms with van der Waals surface area (Å²) in [5.41, 5.74) is 2.71. The summed E-state index contributed by atoms with van der Waals surface area (Å²) in [6.07, 6.45) is 0.681. The van der Waals surface area contributed by atoms with E-state index in [1.54, 1.807) is 19.0 Å². The van der Waals surface area contributed by atoms with E-state index in [1.807, 2.05) is 36.9 Å². The van der Waals surface area contributed by atoms with Crippen molar-refractivity contribution in [3.05, 3.63) is 108 Å². The van der Waals surface area contributed by atoms with Gasteiger partial charge in [0.25, 0.3) is 0 Å². The van der Waals surface area contributed by atoms with Crippen molar-refractivity contribution in [3.63, 3.8) is 0 Å². The molecule has 2 saturated heterocycles. The Labute approximate surface area is 254 Å². The van der Waals surface area contributed by atoms with Gasteiger partial charge in [0.15, 0.2) is 0 Å². The van der Waals surface area contributed by atoms with Crippen molar-refractivity contribution >= 4 is 17.9 Å². The molecule has 2 aliphatic heterocycles. The molecule has 3 amide bonds. The Kier molecular flexibility index (Phi) is 8.87. The molecule has 2 heterocycles. The lowest BCUT2D eigenvalue weighted by Gasteiger charge is -2.38. The maximum absolute atomic E-state index is 14.1. The number of likely N-dealkylation sites (N-methyl/N-ethyl adjacent to an activating group) is 2. The highest BCUT2D eigenvalue weighted by molar-refractivity contribution is 5.86. The third-order valence-corrected chi connectivity index (χ3v) is 9.02. The van der Waals surface area contributed by atoms with Gasteiger partial charge in [-0.1, -0.05) is 105 Å². The lowest BCUT2D eigenvalue weighted by atomic mass is 9.76. The third-order valence-electron chi connectivity index (χ3n) is 9.02. The summed E-state index contributed by atoms with van der Waals surface area (Å²) in [5.74, 6) is -0.454. The molecule has 43 heavy (non-hydrogen) atoms. The summed E-state index contributed by atoms with van der Waals surface area (Å²) in [6, 6.07) is 29.8. The topological polar surface area (TPSA) is 73.2 Å². The molecule has 0 spiro atoms. The molecule has 5 rings (SSSR count). The first kappa shape index (κ1) is 30.3. The van der Waals surface area contributed by atoms with Crippen LogP contribution in [0.2, 0.25) is 0 Å². The first-order chi connectivity index (χ1) is 20.7. The SMILES string of the molecule is COC(=O)[C@H](C(C)C)N(C)C(=O)N(C)[C@H]1CCN(C(=O)[C@H]2CN2C(c2ccccc2)(c2ccccc2)c2ccccc2)C1. The van der Waals surface area contributed by atoms with E-state index in [2.05, 4.69) is 77.7 Å². The minimum atomic E-state index is -0.679. The van der Waals surface area contributed by atoms with Crippen LogP contribution < -0.4 is 0 Å².